The number of rotatable bonds is 7. The normalized spacial score (nSPS) is 11.5. The zero-order chi connectivity index (χ0) is 20.1. The van der Waals surface area contributed by atoms with Crippen molar-refractivity contribution in [2.75, 3.05) is 25.9 Å². The van der Waals surface area contributed by atoms with Gasteiger partial charge in [-0.25, -0.2) is 13.4 Å². The lowest BCUT2D eigenvalue weighted by molar-refractivity contribution is 0.354. The molecule has 0 unspecified atom stereocenters. The number of benzene rings is 2. The number of aromatic nitrogens is 1. The number of hydrogen-bond acceptors (Lipinski definition) is 8. The molecular weight excluding hydrogens is 398 g/mol. The van der Waals surface area contributed by atoms with Crippen molar-refractivity contribution in [1.82, 2.24) is 4.98 Å². The number of nitrogens with zero attached hydrogens (tertiary/aromatic N) is 2. The zero-order valence-corrected chi connectivity index (χ0v) is 17.2. The largest absolute Gasteiger partial charge is 0.493 e. The van der Waals surface area contributed by atoms with E-state index in [1.807, 2.05) is 23.6 Å². The first kappa shape index (κ1) is 19.8. The zero-order valence-electron chi connectivity index (χ0n) is 15.5. The summed E-state index contributed by atoms with van der Waals surface area (Å²) >= 11 is 1.40. The van der Waals surface area contributed by atoms with E-state index in [2.05, 4.69) is 15.5 Å². The average Bonchev–Trinajstić information content (AvgIpc) is 3.16. The van der Waals surface area contributed by atoms with Crippen molar-refractivity contribution in [3.63, 3.8) is 0 Å². The lowest BCUT2D eigenvalue weighted by atomic mass is 10.2. The van der Waals surface area contributed by atoms with Crippen LogP contribution in [0.15, 0.2) is 57.8 Å². The van der Waals surface area contributed by atoms with Crippen LogP contribution in [0, 0.1) is 0 Å². The highest BCUT2D eigenvalue weighted by Gasteiger charge is 2.09. The molecule has 7 nitrogen and oxygen atoms in total. The Bertz CT molecular complexity index is 1090. The summed E-state index contributed by atoms with van der Waals surface area (Å²) in [6, 6.07) is 12.1. The summed E-state index contributed by atoms with van der Waals surface area (Å²) in [7, 11) is -0.0601. The van der Waals surface area contributed by atoms with Crippen molar-refractivity contribution >= 4 is 32.5 Å². The van der Waals surface area contributed by atoms with E-state index < -0.39 is 9.84 Å². The maximum Gasteiger partial charge on any atom is 0.203 e. The highest BCUT2D eigenvalue weighted by atomic mass is 32.2. The average molecular weight is 418 g/mol. The van der Waals surface area contributed by atoms with Gasteiger partial charge < -0.3 is 9.47 Å². The topological polar surface area (TPSA) is 89.9 Å². The van der Waals surface area contributed by atoms with Gasteiger partial charge in [0.25, 0.3) is 0 Å². The third kappa shape index (κ3) is 4.49. The van der Waals surface area contributed by atoms with Gasteiger partial charge >= 0.3 is 0 Å². The number of methoxy groups -OCH3 is 2. The third-order valence-corrected chi connectivity index (χ3v) is 5.76. The van der Waals surface area contributed by atoms with E-state index in [0.717, 1.165) is 16.8 Å². The molecular formula is C19H19N3O4S2. The molecule has 0 spiro atoms. The summed E-state index contributed by atoms with van der Waals surface area (Å²) < 4.78 is 33.7. The van der Waals surface area contributed by atoms with E-state index in [1.54, 1.807) is 44.7 Å². The highest BCUT2D eigenvalue weighted by molar-refractivity contribution is 7.90. The SMILES string of the molecule is COc1cccc(/C=N/Nc2nc(-c3ccc(S(C)(=O)=O)cc3)cs2)c1OC. The van der Waals surface area contributed by atoms with E-state index in [4.69, 9.17) is 9.47 Å². The minimum absolute atomic E-state index is 0.279. The monoisotopic (exact) mass is 417 g/mol. The molecule has 146 valence electrons. The number of hydrazone groups is 1. The van der Waals surface area contributed by atoms with E-state index in [1.165, 1.54) is 17.6 Å². The maximum atomic E-state index is 11.5. The van der Waals surface area contributed by atoms with Crippen LogP contribution in [0.1, 0.15) is 5.56 Å². The summed E-state index contributed by atoms with van der Waals surface area (Å²) in [5.41, 5.74) is 5.23. The van der Waals surface area contributed by atoms with E-state index in [0.29, 0.717) is 16.6 Å². The summed E-state index contributed by atoms with van der Waals surface area (Å²) in [6.07, 6.45) is 2.81. The molecule has 0 saturated carbocycles. The van der Waals surface area contributed by atoms with Crippen molar-refractivity contribution in [3.05, 3.63) is 53.4 Å². The molecule has 0 saturated heterocycles. The van der Waals surface area contributed by atoms with Gasteiger partial charge in [-0.1, -0.05) is 18.2 Å². The van der Waals surface area contributed by atoms with Crippen molar-refractivity contribution < 1.29 is 17.9 Å². The smallest absolute Gasteiger partial charge is 0.203 e. The van der Waals surface area contributed by atoms with Crippen LogP contribution in [0.5, 0.6) is 11.5 Å². The van der Waals surface area contributed by atoms with E-state index >= 15 is 0 Å². The first-order valence-electron chi connectivity index (χ1n) is 8.18. The van der Waals surface area contributed by atoms with Crippen LogP contribution in [-0.2, 0) is 9.84 Å². The molecule has 3 aromatic rings. The second-order valence-electron chi connectivity index (χ2n) is 5.79. The summed E-state index contributed by atoms with van der Waals surface area (Å²) in [4.78, 5) is 4.75. The highest BCUT2D eigenvalue weighted by Crippen LogP contribution is 2.30. The Morgan fingerprint density at radius 3 is 2.50 bits per heavy atom. The Balaban J connectivity index is 1.73. The van der Waals surface area contributed by atoms with Gasteiger partial charge in [-0.05, 0) is 24.3 Å². The molecule has 0 aliphatic heterocycles. The number of thiazole rings is 1. The Hall–Kier alpha value is -2.91. The van der Waals surface area contributed by atoms with Crippen LogP contribution >= 0.6 is 11.3 Å². The van der Waals surface area contributed by atoms with Crippen molar-refractivity contribution in [3.8, 4) is 22.8 Å². The molecule has 2 aromatic carbocycles. The lowest BCUT2D eigenvalue weighted by Gasteiger charge is -2.09. The number of nitrogens with one attached hydrogen (secondary N) is 1. The van der Waals surface area contributed by atoms with Crippen LogP contribution in [0.25, 0.3) is 11.3 Å². The molecule has 0 aliphatic rings. The van der Waals surface area contributed by atoms with Crippen molar-refractivity contribution in [2.24, 2.45) is 5.10 Å². The third-order valence-electron chi connectivity index (χ3n) is 3.88. The fourth-order valence-electron chi connectivity index (χ4n) is 2.50. The first-order chi connectivity index (χ1) is 13.4. The van der Waals surface area contributed by atoms with Crippen LogP contribution in [0.2, 0.25) is 0 Å². The molecule has 1 heterocycles. The van der Waals surface area contributed by atoms with Gasteiger partial charge in [-0.2, -0.15) is 5.10 Å². The Labute approximate surface area is 167 Å². The van der Waals surface area contributed by atoms with Gasteiger partial charge in [0.05, 0.1) is 31.0 Å². The molecule has 0 radical (unpaired) electrons. The minimum Gasteiger partial charge on any atom is -0.493 e. The standard InChI is InChI=1S/C19H19N3O4S2/c1-25-17-6-4-5-14(18(17)26-2)11-20-22-19-21-16(12-27-19)13-7-9-15(10-8-13)28(3,23)24/h4-12H,1-3H3,(H,21,22)/b20-11+. The van der Waals surface area contributed by atoms with Gasteiger partial charge in [0, 0.05) is 22.8 Å². The number of ether oxygens (including phenoxy) is 2. The van der Waals surface area contributed by atoms with Crippen molar-refractivity contribution in [2.45, 2.75) is 4.90 Å². The van der Waals surface area contributed by atoms with Crippen molar-refractivity contribution in [1.29, 1.82) is 0 Å². The van der Waals surface area contributed by atoms with Gasteiger partial charge in [0.1, 0.15) is 0 Å². The Kier molecular flexibility index (Phi) is 5.96. The predicted molar refractivity (Wildman–Crippen MR) is 111 cm³/mol. The summed E-state index contributed by atoms with van der Waals surface area (Å²) in [5, 5.41) is 6.69. The maximum absolute atomic E-state index is 11.5. The number of hydrogen-bond donors (Lipinski definition) is 1. The van der Waals surface area contributed by atoms with E-state index in [9.17, 15) is 8.42 Å². The van der Waals surface area contributed by atoms with Crippen LogP contribution in [-0.4, -0.2) is 40.1 Å². The molecule has 0 aliphatic carbocycles. The number of sulfone groups is 1. The molecule has 0 atom stereocenters. The van der Waals surface area contributed by atoms with Gasteiger partial charge in [0.15, 0.2) is 21.3 Å². The summed E-state index contributed by atoms with van der Waals surface area (Å²) in [6.45, 7) is 0. The molecule has 3 rings (SSSR count). The first-order valence-corrected chi connectivity index (χ1v) is 11.0. The van der Waals surface area contributed by atoms with Gasteiger partial charge in [0.2, 0.25) is 5.13 Å². The van der Waals surface area contributed by atoms with Gasteiger partial charge in [-0.15, -0.1) is 11.3 Å². The second-order valence-corrected chi connectivity index (χ2v) is 8.66. The molecule has 0 fully saturated rings. The van der Waals surface area contributed by atoms with Gasteiger partial charge in [-0.3, -0.25) is 5.43 Å². The fraction of sp³-hybridized carbons (Fsp3) is 0.158. The number of anilines is 1. The quantitative estimate of drug-likeness (QED) is 0.466. The second kappa shape index (κ2) is 8.41. The summed E-state index contributed by atoms with van der Waals surface area (Å²) in [5.74, 6) is 1.22. The minimum atomic E-state index is -3.21. The molecule has 0 bridgehead atoms. The molecule has 28 heavy (non-hydrogen) atoms. The van der Waals surface area contributed by atoms with Crippen LogP contribution in [0.4, 0.5) is 5.13 Å². The fourth-order valence-corrected chi connectivity index (χ4v) is 3.80. The molecule has 1 aromatic heterocycles. The lowest BCUT2D eigenvalue weighted by Crippen LogP contribution is -1.97. The molecule has 0 amide bonds. The predicted octanol–water partition coefficient (Wildman–Crippen LogP) is 3.68. The van der Waals surface area contributed by atoms with Crippen LogP contribution in [0.3, 0.4) is 0 Å². The molecule has 1 N–H and O–H groups in total. The number of para-hydroxylation sites is 1. The Morgan fingerprint density at radius 2 is 1.86 bits per heavy atom. The van der Waals surface area contributed by atoms with E-state index in [-0.39, 0.29) is 4.90 Å². The molecule has 9 heteroatoms. The Morgan fingerprint density at radius 1 is 1.11 bits per heavy atom. The van der Waals surface area contributed by atoms with Crippen LogP contribution < -0.4 is 14.9 Å².